The lowest BCUT2D eigenvalue weighted by Gasteiger charge is -2.14. The van der Waals surface area contributed by atoms with Gasteiger partial charge in [-0.15, -0.1) is 11.3 Å². The van der Waals surface area contributed by atoms with Gasteiger partial charge in [0, 0.05) is 10.9 Å². The fourth-order valence-electron chi connectivity index (χ4n) is 2.75. The number of rotatable bonds is 6. The number of fused-ring (bicyclic) bond motifs is 2. The summed E-state index contributed by atoms with van der Waals surface area (Å²) in [6, 6.07) is 7.10. The van der Waals surface area contributed by atoms with Crippen molar-refractivity contribution in [1.29, 1.82) is 0 Å². The highest BCUT2D eigenvalue weighted by Crippen LogP contribution is 2.35. The average molecular weight is 374 g/mol. The number of nitrogens with zero attached hydrogens (tertiary/aromatic N) is 2. The van der Waals surface area contributed by atoms with Crippen LogP contribution in [-0.4, -0.2) is 34.2 Å². The Bertz CT molecular complexity index is 997. The van der Waals surface area contributed by atoms with E-state index in [0.717, 1.165) is 16.1 Å². The van der Waals surface area contributed by atoms with Crippen molar-refractivity contribution in [2.45, 2.75) is 26.0 Å². The molecule has 1 aliphatic rings. The zero-order valence-corrected chi connectivity index (χ0v) is 15.0. The van der Waals surface area contributed by atoms with E-state index in [1.54, 1.807) is 18.2 Å². The summed E-state index contributed by atoms with van der Waals surface area (Å²) in [4.78, 5) is 18.7. The first-order chi connectivity index (χ1) is 12.6. The highest BCUT2D eigenvalue weighted by Gasteiger charge is 2.15. The maximum absolute atomic E-state index is 12.5. The van der Waals surface area contributed by atoms with Crippen LogP contribution >= 0.6 is 11.3 Å². The monoisotopic (exact) mass is 374 g/mol. The van der Waals surface area contributed by atoms with Gasteiger partial charge in [-0.3, -0.25) is 9.36 Å². The molecule has 1 N–H and O–H groups in total. The van der Waals surface area contributed by atoms with Gasteiger partial charge in [0.25, 0.3) is 5.56 Å². The summed E-state index contributed by atoms with van der Waals surface area (Å²) in [5.41, 5.74) is -0.145. The maximum atomic E-state index is 12.5. The molecule has 1 atom stereocenters. The van der Waals surface area contributed by atoms with E-state index < -0.39 is 6.10 Å². The second-order valence-corrected chi connectivity index (χ2v) is 7.08. The standard InChI is InChI=1S/C18H18N2O5S/c1-2-13-6-14-17(26-13)19-9-20(18(14)22)7-11(21)8-23-12-3-4-15-16(5-12)25-10-24-15/h3-6,9,11,21H,2,7-8,10H2,1H3/t11-/m1/s1. The quantitative estimate of drug-likeness (QED) is 0.712. The number of aliphatic hydroxyl groups is 1. The normalized spacial score (nSPS) is 13.9. The minimum absolute atomic E-state index is 0.0496. The third kappa shape index (κ3) is 3.25. The molecule has 8 heteroatoms. The number of hydrogen-bond acceptors (Lipinski definition) is 7. The molecule has 2 aromatic heterocycles. The van der Waals surface area contributed by atoms with Crippen LogP contribution < -0.4 is 19.8 Å². The number of aryl methyl sites for hydroxylation is 1. The average Bonchev–Trinajstić information content (AvgIpc) is 3.28. The van der Waals surface area contributed by atoms with Crippen LogP contribution in [0.1, 0.15) is 11.8 Å². The molecule has 136 valence electrons. The SMILES string of the molecule is CCc1cc2c(=O)n(C[C@@H](O)COc3ccc4c(c3)OCO4)cnc2s1. The molecule has 4 rings (SSSR count). The largest absolute Gasteiger partial charge is 0.491 e. The second-order valence-electron chi connectivity index (χ2n) is 5.97. The van der Waals surface area contributed by atoms with Crippen LogP contribution in [0.15, 0.2) is 35.4 Å². The van der Waals surface area contributed by atoms with E-state index >= 15 is 0 Å². The number of benzene rings is 1. The van der Waals surface area contributed by atoms with Gasteiger partial charge in [0.2, 0.25) is 6.79 Å². The fourth-order valence-corrected chi connectivity index (χ4v) is 3.68. The molecule has 0 saturated heterocycles. The van der Waals surface area contributed by atoms with Gasteiger partial charge in [0.1, 0.15) is 23.3 Å². The van der Waals surface area contributed by atoms with Gasteiger partial charge in [0.05, 0.1) is 18.3 Å². The Labute approximate surface area is 153 Å². The van der Waals surface area contributed by atoms with Gasteiger partial charge < -0.3 is 19.3 Å². The van der Waals surface area contributed by atoms with E-state index in [1.165, 1.54) is 22.2 Å². The predicted octanol–water partition coefficient (Wildman–Crippen LogP) is 2.19. The molecule has 7 nitrogen and oxygen atoms in total. The van der Waals surface area contributed by atoms with E-state index in [1.807, 2.05) is 13.0 Å². The Kier molecular flexibility index (Phi) is 4.52. The molecule has 1 aromatic carbocycles. The number of aromatic nitrogens is 2. The first kappa shape index (κ1) is 16.9. The minimum Gasteiger partial charge on any atom is -0.491 e. The maximum Gasteiger partial charge on any atom is 0.262 e. The van der Waals surface area contributed by atoms with Crippen molar-refractivity contribution < 1.29 is 19.3 Å². The van der Waals surface area contributed by atoms with Crippen LogP contribution in [0.3, 0.4) is 0 Å². The first-order valence-electron chi connectivity index (χ1n) is 8.32. The molecule has 0 bridgehead atoms. The molecule has 0 fully saturated rings. The van der Waals surface area contributed by atoms with Crippen molar-refractivity contribution in [2.75, 3.05) is 13.4 Å². The van der Waals surface area contributed by atoms with Crippen LogP contribution in [-0.2, 0) is 13.0 Å². The molecule has 0 radical (unpaired) electrons. The van der Waals surface area contributed by atoms with Gasteiger partial charge in [-0.05, 0) is 24.6 Å². The first-order valence-corrected chi connectivity index (χ1v) is 9.14. The molecule has 0 spiro atoms. The molecule has 0 saturated carbocycles. The Morgan fingerprint density at radius 1 is 1.35 bits per heavy atom. The third-order valence-corrected chi connectivity index (χ3v) is 5.30. The van der Waals surface area contributed by atoms with Crippen molar-refractivity contribution in [1.82, 2.24) is 9.55 Å². The molecule has 0 unspecified atom stereocenters. The molecule has 0 amide bonds. The van der Waals surface area contributed by atoms with Crippen LogP contribution in [0.25, 0.3) is 10.2 Å². The van der Waals surface area contributed by atoms with Crippen LogP contribution in [0, 0.1) is 0 Å². The highest BCUT2D eigenvalue weighted by atomic mass is 32.1. The molecule has 0 aliphatic carbocycles. The van der Waals surface area contributed by atoms with E-state index in [2.05, 4.69) is 4.98 Å². The molecule has 3 aromatic rings. The highest BCUT2D eigenvalue weighted by molar-refractivity contribution is 7.18. The van der Waals surface area contributed by atoms with Gasteiger partial charge in [0.15, 0.2) is 11.5 Å². The van der Waals surface area contributed by atoms with Crippen molar-refractivity contribution in [2.24, 2.45) is 0 Å². The molecule has 1 aliphatic heterocycles. The number of hydrogen-bond donors (Lipinski definition) is 1. The predicted molar refractivity (Wildman–Crippen MR) is 97.3 cm³/mol. The van der Waals surface area contributed by atoms with E-state index in [9.17, 15) is 9.90 Å². The minimum atomic E-state index is -0.846. The summed E-state index contributed by atoms with van der Waals surface area (Å²) >= 11 is 1.52. The van der Waals surface area contributed by atoms with Crippen LogP contribution in [0.2, 0.25) is 0 Å². The summed E-state index contributed by atoms with van der Waals surface area (Å²) in [6.07, 6.45) is 1.50. The second kappa shape index (κ2) is 6.97. The zero-order chi connectivity index (χ0) is 18.1. The summed E-state index contributed by atoms with van der Waals surface area (Å²) in [5, 5.41) is 10.8. The summed E-state index contributed by atoms with van der Waals surface area (Å²) < 4.78 is 17.6. The lowest BCUT2D eigenvalue weighted by molar-refractivity contribution is 0.0913. The van der Waals surface area contributed by atoms with Gasteiger partial charge in [-0.25, -0.2) is 4.98 Å². The van der Waals surface area contributed by atoms with E-state index in [4.69, 9.17) is 14.2 Å². The number of ether oxygens (including phenoxy) is 3. The number of thiophene rings is 1. The molecule has 3 heterocycles. The molecule has 26 heavy (non-hydrogen) atoms. The summed E-state index contributed by atoms with van der Waals surface area (Å²) in [7, 11) is 0. The Balaban J connectivity index is 1.43. The Morgan fingerprint density at radius 3 is 3.04 bits per heavy atom. The van der Waals surface area contributed by atoms with Crippen molar-refractivity contribution in [3.05, 3.63) is 45.8 Å². The number of aliphatic hydroxyl groups excluding tert-OH is 1. The summed E-state index contributed by atoms with van der Waals surface area (Å²) in [5.74, 6) is 1.86. The van der Waals surface area contributed by atoms with Gasteiger partial charge in [-0.2, -0.15) is 0 Å². The van der Waals surface area contributed by atoms with Crippen LogP contribution in [0.4, 0.5) is 0 Å². The van der Waals surface area contributed by atoms with E-state index in [-0.39, 0.29) is 25.5 Å². The molecular weight excluding hydrogens is 356 g/mol. The lowest BCUT2D eigenvalue weighted by Crippen LogP contribution is -2.30. The topological polar surface area (TPSA) is 82.8 Å². The lowest BCUT2D eigenvalue weighted by atomic mass is 10.3. The van der Waals surface area contributed by atoms with Gasteiger partial charge in [-0.1, -0.05) is 6.92 Å². The third-order valence-electron chi connectivity index (χ3n) is 4.11. The van der Waals surface area contributed by atoms with E-state index in [0.29, 0.717) is 22.6 Å². The van der Waals surface area contributed by atoms with Crippen molar-refractivity contribution >= 4 is 21.6 Å². The Morgan fingerprint density at radius 2 is 2.19 bits per heavy atom. The summed E-state index contributed by atoms with van der Waals surface area (Å²) in [6.45, 7) is 2.40. The smallest absolute Gasteiger partial charge is 0.262 e. The molecular formula is C18H18N2O5S. The van der Waals surface area contributed by atoms with Crippen LogP contribution in [0.5, 0.6) is 17.2 Å². The zero-order valence-electron chi connectivity index (χ0n) is 14.2. The van der Waals surface area contributed by atoms with Gasteiger partial charge >= 0.3 is 0 Å². The van der Waals surface area contributed by atoms with Crippen molar-refractivity contribution in [3.8, 4) is 17.2 Å². The van der Waals surface area contributed by atoms with Crippen molar-refractivity contribution in [3.63, 3.8) is 0 Å². The fraction of sp³-hybridized carbons (Fsp3) is 0.333. The Hall–Kier alpha value is -2.58.